The Morgan fingerprint density at radius 2 is 1.86 bits per heavy atom. The number of nitrogens with two attached hydrogens (primary N) is 1. The number of anilines is 2. The first-order chi connectivity index (χ1) is 17.8. The molecule has 0 radical (unpaired) electrons. The second kappa shape index (κ2) is 9.75. The Morgan fingerprint density at radius 1 is 1.08 bits per heavy atom. The molecule has 0 saturated heterocycles. The van der Waals surface area contributed by atoms with Gasteiger partial charge in [-0.3, -0.25) is 14.8 Å². The maximum Gasteiger partial charge on any atom is 0.263 e. The lowest BCUT2D eigenvalue weighted by atomic mass is 10.0. The van der Waals surface area contributed by atoms with E-state index in [0.717, 1.165) is 10.9 Å². The predicted octanol–water partition coefficient (Wildman–Crippen LogP) is 5.06. The van der Waals surface area contributed by atoms with Gasteiger partial charge in [0.15, 0.2) is 0 Å². The van der Waals surface area contributed by atoms with Gasteiger partial charge >= 0.3 is 0 Å². The first-order valence-corrected chi connectivity index (χ1v) is 11.8. The number of aryl methyl sites for hydroxylation is 1. The van der Waals surface area contributed by atoms with E-state index in [1.54, 1.807) is 28.8 Å². The first-order valence-electron chi connectivity index (χ1n) is 11.5. The summed E-state index contributed by atoms with van der Waals surface area (Å²) < 4.78 is 1.59. The lowest BCUT2D eigenvalue weighted by Crippen LogP contribution is -2.25. The third kappa shape index (κ3) is 4.50. The predicted molar refractivity (Wildman–Crippen MR) is 147 cm³/mol. The summed E-state index contributed by atoms with van der Waals surface area (Å²) in [6.07, 6.45) is 1.31. The van der Waals surface area contributed by atoms with Gasteiger partial charge in [-0.2, -0.15) is 0 Å². The molecular formula is C28H23ClN6O2. The summed E-state index contributed by atoms with van der Waals surface area (Å²) in [6.45, 7) is 2.09. The van der Waals surface area contributed by atoms with E-state index in [-0.39, 0.29) is 34.9 Å². The lowest BCUT2D eigenvalue weighted by molar-refractivity contribution is 0.475. The Bertz CT molecular complexity index is 1730. The Kier molecular flexibility index (Phi) is 6.33. The molecule has 8 nitrogen and oxygen atoms in total. The zero-order valence-electron chi connectivity index (χ0n) is 19.9. The van der Waals surface area contributed by atoms with Crippen LogP contribution in [0.1, 0.15) is 22.4 Å². The number of rotatable bonds is 6. The molecule has 9 heteroatoms. The van der Waals surface area contributed by atoms with Gasteiger partial charge in [0.25, 0.3) is 5.56 Å². The van der Waals surface area contributed by atoms with Crippen molar-refractivity contribution in [3.8, 4) is 11.4 Å². The molecule has 37 heavy (non-hydrogen) atoms. The van der Waals surface area contributed by atoms with E-state index in [1.807, 2.05) is 43.3 Å². The van der Waals surface area contributed by atoms with E-state index in [2.05, 4.69) is 15.3 Å². The largest absolute Gasteiger partial charge is 0.508 e. The maximum absolute atomic E-state index is 13.8. The monoisotopic (exact) mass is 510 g/mol. The van der Waals surface area contributed by atoms with Gasteiger partial charge in [-0.1, -0.05) is 54.1 Å². The van der Waals surface area contributed by atoms with Crippen molar-refractivity contribution in [3.05, 3.63) is 117 Å². The van der Waals surface area contributed by atoms with Crippen LogP contribution in [0.25, 0.3) is 16.5 Å². The Morgan fingerprint density at radius 3 is 2.65 bits per heavy atom. The summed E-state index contributed by atoms with van der Waals surface area (Å²) in [6, 6.07) is 21.2. The fourth-order valence-corrected chi connectivity index (χ4v) is 4.60. The topological polar surface area (TPSA) is 130 Å². The number of fused-ring (bicyclic) bond motifs is 1. The number of benzene rings is 3. The minimum absolute atomic E-state index is 0.0300. The molecule has 5 aromatic rings. The number of pyridine rings is 1. The first kappa shape index (κ1) is 24.0. The summed E-state index contributed by atoms with van der Waals surface area (Å²) in [5.74, 6) is 0.467. The second-order valence-electron chi connectivity index (χ2n) is 8.53. The van der Waals surface area contributed by atoms with Gasteiger partial charge in [0, 0.05) is 11.3 Å². The number of para-hydroxylation sites is 1. The molecule has 5 N–H and O–H groups in total. The van der Waals surface area contributed by atoms with Gasteiger partial charge in [-0.15, -0.1) is 0 Å². The molecule has 0 fully saturated rings. The van der Waals surface area contributed by atoms with Crippen LogP contribution in [-0.2, 0) is 6.54 Å². The van der Waals surface area contributed by atoms with Crippen LogP contribution in [0.5, 0.6) is 5.75 Å². The van der Waals surface area contributed by atoms with Crippen LogP contribution < -0.4 is 16.6 Å². The van der Waals surface area contributed by atoms with E-state index in [9.17, 15) is 9.90 Å². The average molecular weight is 511 g/mol. The highest BCUT2D eigenvalue weighted by atomic mass is 35.5. The van der Waals surface area contributed by atoms with Crippen molar-refractivity contribution in [3.63, 3.8) is 0 Å². The molecule has 0 aliphatic carbocycles. The number of hydrogen-bond donors (Lipinski definition) is 4. The fraction of sp³-hybridized carbons (Fsp3) is 0.0714. The van der Waals surface area contributed by atoms with Gasteiger partial charge in [0.1, 0.15) is 23.7 Å². The van der Waals surface area contributed by atoms with Crippen LogP contribution in [0, 0.1) is 12.3 Å². The number of phenols is 1. The highest BCUT2D eigenvalue weighted by Crippen LogP contribution is 2.26. The number of aromatic hydroxyl groups is 1. The van der Waals surface area contributed by atoms with Gasteiger partial charge in [-0.25, -0.2) is 9.97 Å². The summed E-state index contributed by atoms with van der Waals surface area (Å²) in [7, 11) is 0. The molecule has 0 bridgehead atoms. The average Bonchev–Trinajstić information content (AvgIpc) is 2.88. The summed E-state index contributed by atoms with van der Waals surface area (Å²) in [4.78, 5) is 22.1. The highest BCUT2D eigenvalue weighted by molar-refractivity contribution is 6.32. The van der Waals surface area contributed by atoms with E-state index in [0.29, 0.717) is 33.2 Å². The van der Waals surface area contributed by atoms with Crippen molar-refractivity contribution in [1.82, 2.24) is 14.5 Å². The summed E-state index contributed by atoms with van der Waals surface area (Å²) in [5.41, 5.74) is 8.84. The molecule has 5 rings (SSSR count). The Balaban J connectivity index is 1.62. The molecule has 0 saturated carbocycles. The third-order valence-electron chi connectivity index (χ3n) is 6.12. The van der Waals surface area contributed by atoms with Crippen molar-refractivity contribution >= 4 is 39.7 Å². The Hall–Kier alpha value is -4.69. The third-order valence-corrected chi connectivity index (χ3v) is 6.44. The zero-order chi connectivity index (χ0) is 26.1. The maximum atomic E-state index is 13.8. The van der Waals surface area contributed by atoms with Gasteiger partial charge in [-0.05, 0) is 48.2 Å². The van der Waals surface area contributed by atoms with Gasteiger partial charge in [0.2, 0.25) is 0 Å². The van der Waals surface area contributed by atoms with Crippen LogP contribution in [0.2, 0.25) is 5.02 Å². The summed E-state index contributed by atoms with van der Waals surface area (Å²) in [5, 5.41) is 23.7. The van der Waals surface area contributed by atoms with Crippen LogP contribution in [0.3, 0.4) is 0 Å². The lowest BCUT2D eigenvalue weighted by Gasteiger charge is -2.18. The molecule has 0 spiro atoms. The molecule has 2 aromatic heterocycles. The van der Waals surface area contributed by atoms with Crippen molar-refractivity contribution in [2.45, 2.75) is 13.5 Å². The van der Waals surface area contributed by atoms with E-state index >= 15 is 0 Å². The van der Waals surface area contributed by atoms with Crippen LogP contribution in [-0.4, -0.2) is 25.4 Å². The van der Waals surface area contributed by atoms with E-state index in [1.165, 1.54) is 18.5 Å². The molecule has 0 unspecified atom stereocenters. The Labute approximate surface area is 217 Å². The summed E-state index contributed by atoms with van der Waals surface area (Å²) >= 11 is 6.51. The molecule has 0 aliphatic heterocycles. The quantitative estimate of drug-likeness (QED) is 0.236. The fourth-order valence-electron chi connectivity index (χ4n) is 4.38. The van der Waals surface area contributed by atoms with E-state index < -0.39 is 0 Å². The number of hydrogen-bond acceptors (Lipinski definition) is 7. The molecule has 0 aliphatic rings. The van der Waals surface area contributed by atoms with Crippen molar-refractivity contribution in [1.29, 1.82) is 5.41 Å². The molecular weight excluding hydrogens is 488 g/mol. The number of aromatic nitrogens is 3. The van der Waals surface area contributed by atoms with Crippen molar-refractivity contribution in [2.24, 2.45) is 0 Å². The number of halogens is 1. The second-order valence-corrected chi connectivity index (χ2v) is 8.94. The van der Waals surface area contributed by atoms with Crippen LogP contribution in [0.15, 0.2) is 83.9 Å². The highest BCUT2D eigenvalue weighted by Gasteiger charge is 2.19. The van der Waals surface area contributed by atoms with Crippen LogP contribution >= 0.6 is 11.6 Å². The number of nitrogens with zero attached hydrogens (tertiary/aromatic N) is 3. The molecule has 0 atom stereocenters. The molecule has 184 valence electrons. The normalized spacial score (nSPS) is 11.0. The number of nitrogen functional groups attached to an aromatic ring is 1. The minimum Gasteiger partial charge on any atom is -0.508 e. The molecule has 0 amide bonds. The number of nitrogens with one attached hydrogen (secondary N) is 2. The zero-order valence-corrected chi connectivity index (χ0v) is 20.6. The smallest absolute Gasteiger partial charge is 0.263 e. The van der Waals surface area contributed by atoms with Gasteiger partial charge < -0.3 is 16.2 Å². The van der Waals surface area contributed by atoms with Gasteiger partial charge in [0.05, 0.1) is 33.9 Å². The molecule has 2 heterocycles. The van der Waals surface area contributed by atoms with Crippen molar-refractivity contribution in [2.75, 3.05) is 11.1 Å². The van der Waals surface area contributed by atoms with Crippen molar-refractivity contribution < 1.29 is 5.11 Å². The van der Waals surface area contributed by atoms with Crippen LogP contribution in [0.4, 0.5) is 11.6 Å². The molecule has 3 aromatic carbocycles. The van der Waals surface area contributed by atoms with E-state index in [4.69, 9.17) is 22.7 Å². The SMILES string of the molecule is Cc1cccc2cc(CNc3ncnc(N)c3C(=N)c3cccc(O)c3)n(-c3ccccc3Cl)c(=O)c12. The number of phenolic OH excluding ortho intramolecular Hbond substituents is 1. The minimum atomic E-state index is -0.185. The standard InChI is InChI=1S/C28H23ClN6O2/c1-16-6-4-7-17-12-19(35(28(37)23(16)17)22-11-3-2-10-21(22)29)14-32-27-24(26(31)33-15-34-27)25(30)18-8-5-9-20(36)13-18/h2-13,15,30,36H,14H2,1H3,(H3,31,32,33,34).